The summed E-state index contributed by atoms with van der Waals surface area (Å²) in [6, 6.07) is 9.54. The van der Waals surface area contributed by atoms with Crippen molar-refractivity contribution >= 4 is 32.7 Å². The molecule has 1 aromatic heterocycles. The average molecular weight is 347 g/mol. The number of alkyl halides is 1. The molecule has 3 nitrogen and oxygen atoms in total. The number of aromatic nitrogens is 1. The van der Waals surface area contributed by atoms with Crippen LogP contribution in [0.1, 0.15) is 29.6 Å². The molecule has 0 bridgehead atoms. The van der Waals surface area contributed by atoms with Crippen molar-refractivity contribution in [3.05, 3.63) is 42.1 Å². The zero-order chi connectivity index (χ0) is 14.7. The fourth-order valence-corrected chi connectivity index (χ4v) is 3.98. The van der Waals surface area contributed by atoms with Gasteiger partial charge in [0.2, 0.25) is 0 Å². The lowest BCUT2D eigenvalue weighted by Gasteiger charge is -2.17. The van der Waals surface area contributed by atoms with Crippen LogP contribution in [0.4, 0.5) is 0 Å². The van der Waals surface area contributed by atoms with Gasteiger partial charge in [-0.3, -0.25) is 9.78 Å². The van der Waals surface area contributed by atoms with Crippen LogP contribution in [0.5, 0.6) is 0 Å². The Morgan fingerprint density at radius 2 is 2.14 bits per heavy atom. The normalized spacial score (nSPS) is 21.6. The summed E-state index contributed by atoms with van der Waals surface area (Å²) in [5, 5.41) is 5.13. The van der Waals surface area contributed by atoms with Gasteiger partial charge in [-0.15, -0.1) is 0 Å². The Labute approximate surface area is 133 Å². The number of benzene rings is 1. The van der Waals surface area contributed by atoms with Gasteiger partial charge in [0, 0.05) is 29.0 Å². The summed E-state index contributed by atoms with van der Waals surface area (Å²) in [5.41, 5.74) is 1.63. The van der Waals surface area contributed by atoms with Crippen LogP contribution in [-0.4, -0.2) is 22.8 Å². The Balaban J connectivity index is 1.66. The highest BCUT2D eigenvalue weighted by atomic mass is 79.9. The highest BCUT2D eigenvalue weighted by molar-refractivity contribution is 9.09. The van der Waals surface area contributed by atoms with E-state index in [0.717, 1.165) is 22.8 Å². The van der Waals surface area contributed by atoms with Gasteiger partial charge in [-0.2, -0.15) is 0 Å². The van der Waals surface area contributed by atoms with E-state index >= 15 is 0 Å². The number of carbonyl (C=O) groups excluding carboxylic acids is 1. The molecule has 0 radical (unpaired) electrons. The second-order valence-electron chi connectivity index (χ2n) is 5.73. The fourth-order valence-electron chi connectivity index (χ4n) is 3.13. The first kappa shape index (κ1) is 14.5. The van der Waals surface area contributed by atoms with Crippen LogP contribution in [-0.2, 0) is 0 Å². The van der Waals surface area contributed by atoms with E-state index in [4.69, 9.17) is 0 Å². The molecule has 0 saturated heterocycles. The predicted octanol–water partition coefficient (Wildman–Crippen LogP) is 3.78. The lowest BCUT2D eigenvalue weighted by atomic mass is 9.98. The first-order valence-corrected chi connectivity index (χ1v) is 8.59. The van der Waals surface area contributed by atoms with E-state index in [0.29, 0.717) is 17.4 Å². The number of amides is 1. The summed E-state index contributed by atoms with van der Waals surface area (Å²) in [7, 11) is 0. The van der Waals surface area contributed by atoms with E-state index in [2.05, 4.69) is 26.2 Å². The molecule has 21 heavy (non-hydrogen) atoms. The molecule has 110 valence electrons. The molecule has 2 aromatic rings. The van der Waals surface area contributed by atoms with E-state index in [-0.39, 0.29) is 5.91 Å². The number of carbonyl (C=O) groups is 1. The zero-order valence-corrected chi connectivity index (χ0v) is 13.5. The van der Waals surface area contributed by atoms with Crippen LogP contribution >= 0.6 is 15.9 Å². The molecule has 1 amide bonds. The Hall–Kier alpha value is -1.42. The molecule has 1 heterocycles. The minimum atomic E-state index is 0.0148. The Morgan fingerprint density at radius 3 is 3.00 bits per heavy atom. The van der Waals surface area contributed by atoms with E-state index in [1.165, 1.54) is 19.3 Å². The van der Waals surface area contributed by atoms with Gasteiger partial charge >= 0.3 is 0 Å². The minimum absolute atomic E-state index is 0.0148. The van der Waals surface area contributed by atoms with Crippen molar-refractivity contribution in [1.82, 2.24) is 10.3 Å². The average Bonchev–Trinajstić information content (AvgIpc) is 2.99. The number of rotatable bonds is 4. The van der Waals surface area contributed by atoms with Crippen molar-refractivity contribution in [2.45, 2.75) is 19.3 Å². The number of nitrogens with one attached hydrogen (secondary N) is 1. The largest absolute Gasteiger partial charge is 0.352 e. The third kappa shape index (κ3) is 3.26. The summed E-state index contributed by atoms with van der Waals surface area (Å²) < 4.78 is 0. The van der Waals surface area contributed by atoms with E-state index in [9.17, 15) is 4.79 Å². The molecular formula is C17H19BrN2O. The molecule has 1 saturated carbocycles. The summed E-state index contributed by atoms with van der Waals surface area (Å²) >= 11 is 3.58. The molecule has 1 aromatic carbocycles. The number of halogens is 1. The van der Waals surface area contributed by atoms with Crippen molar-refractivity contribution in [1.29, 1.82) is 0 Å². The van der Waals surface area contributed by atoms with E-state index < -0.39 is 0 Å². The molecule has 1 aliphatic rings. The SMILES string of the molecule is O=C(NCC1CCCC1CBr)c1ccc2ncccc2c1. The molecule has 1 N–H and O–H groups in total. The van der Waals surface area contributed by atoms with Gasteiger partial charge in [-0.1, -0.05) is 28.4 Å². The highest BCUT2D eigenvalue weighted by Gasteiger charge is 2.26. The van der Waals surface area contributed by atoms with Crippen LogP contribution in [0, 0.1) is 11.8 Å². The minimum Gasteiger partial charge on any atom is -0.352 e. The Morgan fingerprint density at radius 1 is 1.29 bits per heavy atom. The van der Waals surface area contributed by atoms with Crippen LogP contribution < -0.4 is 5.32 Å². The first-order chi connectivity index (χ1) is 10.3. The van der Waals surface area contributed by atoms with Gasteiger partial charge < -0.3 is 5.32 Å². The lowest BCUT2D eigenvalue weighted by Crippen LogP contribution is -2.31. The van der Waals surface area contributed by atoms with Crippen LogP contribution in [0.3, 0.4) is 0 Å². The monoisotopic (exact) mass is 346 g/mol. The van der Waals surface area contributed by atoms with Gasteiger partial charge in [0.05, 0.1) is 5.52 Å². The van der Waals surface area contributed by atoms with Gasteiger partial charge in [0.25, 0.3) is 5.91 Å². The van der Waals surface area contributed by atoms with E-state index in [1.54, 1.807) is 6.20 Å². The van der Waals surface area contributed by atoms with Crippen LogP contribution in [0.15, 0.2) is 36.5 Å². The summed E-state index contributed by atoms with van der Waals surface area (Å²) in [6.07, 6.45) is 5.53. The zero-order valence-electron chi connectivity index (χ0n) is 11.9. The standard InChI is InChI=1S/C17H19BrN2O/c18-10-14-3-1-4-15(14)11-20-17(21)13-6-7-16-12(9-13)5-2-8-19-16/h2,5-9,14-15H,1,3-4,10-11H2,(H,20,21). The Bertz CT molecular complexity index is 643. The molecule has 0 aliphatic heterocycles. The van der Waals surface area contributed by atoms with Crippen molar-refractivity contribution in [2.75, 3.05) is 11.9 Å². The summed E-state index contributed by atoms with van der Waals surface area (Å²) in [6.45, 7) is 0.778. The van der Waals surface area contributed by atoms with Crippen LogP contribution in [0.25, 0.3) is 10.9 Å². The molecule has 0 spiro atoms. The summed E-state index contributed by atoms with van der Waals surface area (Å²) in [5.74, 6) is 1.32. The predicted molar refractivity (Wildman–Crippen MR) is 88.7 cm³/mol. The quantitative estimate of drug-likeness (QED) is 0.856. The second-order valence-corrected chi connectivity index (χ2v) is 6.37. The van der Waals surface area contributed by atoms with Gasteiger partial charge in [-0.05, 0) is 48.9 Å². The maximum Gasteiger partial charge on any atom is 0.251 e. The lowest BCUT2D eigenvalue weighted by molar-refractivity contribution is 0.0945. The fraction of sp³-hybridized carbons (Fsp3) is 0.412. The molecule has 1 fully saturated rings. The number of hydrogen-bond acceptors (Lipinski definition) is 2. The molecule has 4 heteroatoms. The second kappa shape index (κ2) is 6.56. The summed E-state index contributed by atoms with van der Waals surface area (Å²) in [4.78, 5) is 16.6. The Kier molecular flexibility index (Phi) is 4.54. The molecule has 2 unspecified atom stereocenters. The maximum atomic E-state index is 12.3. The molecule has 2 atom stereocenters. The number of pyridine rings is 1. The van der Waals surface area contributed by atoms with Crippen LogP contribution in [0.2, 0.25) is 0 Å². The smallest absolute Gasteiger partial charge is 0.251 e. The van der Waals surface area contributed by atoms with Gasteiger partial charge in [0.1, 0.15) is 0 Å². The molecular weight excluding hydrogens is 328 g/mol. The van der Waals surface area contributed by atoms with Crippen molar-refractivity contribution in [3.63, 3.8) is 0 Å². The maximum absolute atomic E-state index is 12.3. The first-order valence-electron chi connectivity index (χ1n) is 7.47. The van der Waals surface area contributed by atoms with Crippen molar-refractivity contribution in [3.8, 4) is 0 Å². The number of nitrogens with zero attached hydrogens (tertiary/aromatic N) is 1. The highest BCUT2D eigenvalue weighted by Crippen LogP contribution is 2.32. The third-order valence-electron chi connectivity index (χ3n) is 4.40. The third-order valence-corrected chi connectivity index (χ3v) is 5.24. The number of hydrogen-bond donors (Lipinski definition) is 1. The van der Waals surface area contributed by atoms with Crippen molar-refractivity contribution in [2.24, 2.45) is 11.8 Å². The topological polar surface area (TPSA) is 42.0 Å². The molecule has 1 aliphatic carbocycles. The van der Waals surface area contributed by atoms with E-state index in [1.807, 2.05) is 30.3 Å². The van der Waals surface area contributed by atoms with Gasteiger partial charge in [-0.25, -0.2) is 0 Å². The number of fused-ring (bicyclic) bond motifs is 1. The van der Waals surface area contributed by atoms with Crippen molar-refractivity contribution < 1.29 is 4.79 Å². The van der Waals surface area contributed by atoms with Gasteiger partial charge in [0.15, 0.2) is 0 Å². The molecule has 3 rings (SSSR count).